The minimum absolute atomic E-state index is 0.0427. The van der Waals surface area contributed by atoms with E-state index in [4.69, 9.17) is 18.9 Å². The molecule has 1 aromatic rings. The Bertz CT molecular complexity index is 850. The average molecular weight is 455 g/mol. The topological polar surface area (TPSA) is 109 Å². The van der Waals surface area contributed by atoms with Gasteiger partial charge in [0, 0.05) is 19.6 Å². The molecule has 0 aromatic heterocycles. The highest BCUT2D eigenvalue weighted by Crippen LogP contribution is 2.37. The van der Waals surface area contributed by atoms with Crippen molar-refractivity contribution in [3.05, 3.63) is 35.9 Å². The van der Waals surface area contributed by atoms with Crippen LogP contribution in [0.1, 0.15) is 18.8 Å². The molecule has 1 amide bonds. The van der Waals surface area contributed by atoms with Crippen LogP contribution < -0.4 is 5.32 Å². The third-order valence-corrected chi connectivity index (χ3v) is 5.58. The van der Waals surface area contributed by atoms with Gasteiger partial charge in [0.15, 0.2) is 18.7 Å². The first-order chi connectivity index (χ1) is 14.0. The molecular formula is C17H20F3NO8S. The molecular weight excluding hydrogens is 435 g/mol. The second-order valence-electron chi connectivity index (χ2n) is 6.64. The lowest BCUT2D eigenvalue weighted by Crippen LogP contribution is -2.68. The van der Waals surface area contributed by atoms with Crippen LogP contribution in [0.3, 0.4) is 0 Å². The number of fused-ring (bicyclic) bond motifs is 1. The summed E-state index contributed by atoms with van der Waals surface area (Å²) >= 11 is 0. The van der Waals surface area contributed by atoms with E-state index in [1.54, 1.807) is 30.3 Å². The predicted octanol–water partition coefficient (Wildman–Crippen LogP) is 1.21. The molecule has 13 heteroatoms. The molecule has 2 aliphatic rings. The van der Waals surface area contributed by atoms with E-state index in [2.05, 4.69) is 9.50 Å². The molecule has 30 heavy (non-hydrogen) atoms. The van der Waals surface area contributed by atoms with Gasteiger partial charge >= 0.3 is 15.6 Å². The van der Waals surface area contributed by atoms with Crippen LogP contribution in [0.4, 0.5) is 13.2 Å². The first kappa shape index (κ1) is 22.9. The zero-order valence-corrected chi connectivity index (χ0v) is 16.7. The molecule has 9 nitrogen and oxygen atoms in total. The zero-order valence-electron chi connectivity index (χ0n) is 15.9. The minimum atomic E-state index is -6.01. The van der Waals surface area contributed by atoms with E-state index in [1.165, 1.54) is 0 Å². The summed E-state index contributed by atoms with van der Waals surface area (Å²) < 4.78 is 88.3. The van der Waals surface area contributed by atoms with E-state index in [-0.39, 0.29) is 6.61 Å². The van der Waals surface area contributed by atoms with Gasteiger partial charge in [-0.1, -0.05) is 30.3 Å². The highest BCUT2D eigenvalue weighted by atomic mass is 32.2. The maximum atomic E-state index is 12.9. The quantitative estimate of drug-likeness (QED) is 0.521. The van der Waals surface area contributed by atoms with Gasteiger partial charge < -0.3 is 24.3 Å². The molecule has 2 aliphatic heterocycles. The standard InChI is InChI=1S/C17H20F3NO8S/c1-9(22)21-12-13-11(8-26-15(28-13)10-6-4-3-5-7-10)27-16(25-2)14(12)29-30(23,24)17(18,19)20/h3-7,11-16H,8H2,1-2H3,(H,21,22)/t11-,12-,13-,14-,15-,16+/m1/s1. The lowest BCUT2D eigenvalue weighted by atomic mass is 9.95. The maximum absolute atomic E-state index is 12.9. The minimum Gasteiger partial charge on any atom is -0.353 e. The Labute approximate surface area is 170 Å². The summed E-state index contributed by atoms with van der Waals surface area (Å²) in [5.74, 6) is -0.639. The molecule has 168 valence electrons. The molecule has 0 spiro atoms. The number of amides is 1. The van der Waals surface area contributed by atoms with Crippen LogP contribution in [0, 0.1) is 0 Å². The fraction of sp³-hybridized carbons (Fsp3) is 0.588. The first-order valence-corrected chi connectivity index (χ1v) is 10.2. The third-order valence-electron chi connectivity index (χ3n) is 4.54. The summed E-state index contributed by atoms with van der Waals surface area (Å²) in [6.45, 7) is 1.08. The molecule has 0 bridgehead atoms. The second kappa shape index (κ2) is 8.77. The molecule has 0 radical (unpaired) electrons. The van der Waals surface area contributed by atoms with Crippen LogP contribution in [0.2, 0.25) is 0 Å². The summed E-state index contributed by atoms with van der Waals surface area (Å²) in [4.78, 5) is 11.7. The Morgan fingerprint density at radius 3 is 2.43 bits per heavy atom. The molecule has 2 saturated heterocycles. The molecule has 2 fully saturated rings. The van der Waals surface area contributed by atoms with Gasteiger partial charge in [-0.15, -0.1) is 0 Å². The summed E-state index contributed by atoms with van der Waals surface area (Å²) in [7, 11) is -4.91. The predicted molar refractivity (Wildman–Crippen MR) is 93.1 cm³/mol. The third kappa shape index (κ3) is 4.76. The molecule has 0 aliphatic carbocycles. The fourth-order valence-electron chi connectivity index (χ4n) is 3.26. The van der Waals surface area contributed by atoms with Crippen LogP contribution in [0.25, 0.3) is 0 Å². The highest BCUT2D eigenvalue weighted by molar-refractivity contribution is 7.87. The van der Waals surface area contributed by atoms with E-state index < -0.39 is 58.5 Å². The number of hydrogen-bond donors (Lipinski definition) is 1. The number of nitrogens with one attached hydrogen (secondary N) is 1. The van der Waals surface area contributed by atoms with Crippen molar-refractivity contribution in [2.45, 2.75) is 49.4 Å². The Morgan fingerprint density at radius 2 is 1.87 bits per heavy atom. The molecule has 6 atom stereocenters. The average Bonchev–Trinajstić information content (AvgIpc) is 2.68. The monoisotopic (exact) mass is 455 g/mol. The molecule has 0 saturated carbocycles. The van der Waals surface area contributed by atoms with Gasteiger partial charge in [0.05, 0.1) is 12.6 Å². The fourth-order valence-corrected chi connectivity index (χ4v) is 3.88. The van der Waals surface area contributed by atoms with Crippen molar-refractivity contribution in [1.82, 2.24) is 5.32 Å². The number of carbonyl (C=O) groups excluding carboxylic acids is 1. The number of halogens is 3. The summed E-state index contributed by atoms with van der Waals surface area (Å²) in [5.41, 5.74) is -5.06. The van der Waals surface area contributed by atoms with E-state index in [0.717, 1.165) is 14.0 Å². The van der Waals surface area contributed by atoms with Gasteiger partial charge in [0.2, 0.25) is 5.91 Å². The summed E-state index contributed by atoms with van der Waals surface area (Å²) in [6.07, 6.45) is -6.25. The second-order valence-corrected chi connectivity index (χ2v) is 8.21. The maximum Gasteiger partial charge on any atom is 0.523 e. The van der Waals surface area contributed by atoms with Gasteiger partial charge in [-0.25, -0.2) is 0 Å². The van der Waals surface area contributed by atoms with E-state index in [1.807, 2.05) is 0 Å². The lowest BCUT2D eigenvalue weighted by Gasteiger charge is -2.48. The number of rotatable bonds is 5. The number of carbonyl (C=O) groups is 1. The largest absolute Gasteiger partial charge is 0.523 e. The number of ether oxygens (including phenoxy) is 4. The van der Waals surface area contributed by atoms with Gasteiger partial charge in [-0.3, -0.25) is 8.98 Å². The zero-order chi connectivity index (χ0) is 22.1. The van der Waals surface area contributed by atoms with Crippen molar-refractivity contribution >= 4 is 16.0 Å². The van der Waals surface area contributed by atoms with Crippen molar-refractivity contribution in [2.75, 3.05) is 13.7 Å². The van der Waals surface area contributed by atoms with Gasteiger partial charge in [-0.05, 0) is 0 Å². The Morgan fingerprint density at radius 1 is 1.20 bits per heavy atom. The van der Waals surface area contributed by atoms with Crippen LogP contribution in [-0.2, 0) is 38.0 Å². The molecule has 3 rings (SSSR count). The number of methoxy groups -OCH3 is 1. The van der Waals surface area contributed by atoms with Crippen LogP contribution in [-0.4, -0.2) is 64.2 Å². The van der Waals surface area contributed by atoms with Crippen LogP contribution in [0.15, 0.2) is 30.3 Å². The van der Waals surface area contributed by atoms with Crippen LogP contribution in [0.5, 0.6) is 0 Å². The van der Waals surface area contributed by atoms with E-state index in [9.17, 15) is 26.4 Å². The van der Waals surface area contributed by atoms with Crippen molar-refractivity contribution in [3.63, 3.8) is 0 Å². The normalized spacial score (nSPS) is 32.3. The lowest BCUT2D eigenvalue weighted by molar-refractivity contribution is -0.337. The SMILES string of the molecule is CO[C@H]1O[C@@H]2CO[C@@H](c3ccccc3)O[C@H]2[C@@H](NC(C)=O)[C@H]1OS(=O)(=O)C(F)(F)F. The molecule has 0 unspecified atom stereocenters. The van der Waals surface area contributed by atoms with Gasteiger partial charge in [-0.2, -0.15) is 21.6 Å². The van der Waals surface area contributed by atoms with Crippen molar-refractivity contribution in [1.29, 1.82) is 0 Å². The van der Waals surface area contributed by atoms with Crippen molar-refractivity contribution < 1.29 is 49.5 Å². The summed E-state index contributed by atoms with van der Waals surface area (Å²) in [6, 6.07) is 7.33. The van der Waals surface area contributed by atoms with E-state index in [0.29, 0.717) is 5.56 Å². The Kier molecular flexibility index (Phi) is 6.69. The molecule has 1 N–H and O–H groups in total. The number of hydrogen-bond acceptors (Lipinski definition) is 8. The van der Waals surface area contributed by atoms with Gasteiger partial charge in [0.1, 0.15) is 12.2 Å². The van der Waals surface area contributed by atoms with Gasteiger partial charge in [0.25, 0.3) is 0 Å². The Balaban J connectivity index is 1.92. The highest BCUT2D eigenvalue weighted by Gasteiger charge is 2.56. The van der Waals surface area contributed by atoms with Crippen molar-refractivity contribution in [2.24, 2.45) is 0 Å². The summed E-state index contributed by atoms with van der Waals surface area (Å²) in [5, 5.41) is 2.41. The van der Waals surface area contributed by atoms with Crippen molar-refractivity contribution in [3.8, 4) is 0 Å². The molecule has 2 heterocycles. The first-order valence-electron chi connectivity index (χ1n) is 8.80. The number of benzene rings is 1. The Hall–Kier alpha value is -1.77. The van der Waals surface area contributed by atoms with Crippen LogP contribution >= 0.6 is 0 Å². The smallest absolute Gasteiger partial charge is 0.353 e. The number of alkyl halides is 3. The molecule has 1 aromatic carbocycles. The van der Waals surface area contributed by atoms with E-state index >= 15 is 0 Å².